The van der Waals surface area contributed by atoms with E-state index in [9.17, 15) is 18.0 Å². The number of benzene rings is 3. The molecule has 0 saturated heterocycles. The highest BCUT2D eigenvalue weighted by atomic mass is 35.5. The summed E-state index contributed by atoms with van der Waals surface area (Å²) in [4.78, 5) is 28.5. The van der Waals surface area contributed by atoms with Crippen molar-refractivity contribution in [1.82, 2.24) is 10.2 Å². The van der Waals surface area contributed by atoms with Gasteiger partial charge in [-0.2, -0.15) is 0 Å². The van der Waals surface area contributed by atoms with E-state index in [1.54, 1.807) is 62.4 Å². The van der Waals surface area contributed by atoms with Gasteiger partial charge in [-0.05, 0) is 49.7 Å². The van der Waals surface area contributed by atoms with Crippen molar-refractivity contribution in [2.75, 3.05) is 30.6 Å². The molecule has 1 N–H and O–H groups in total. The van der Waals surface area contributed by atoms with Crippen LogP contribution in [0, 0.1) is 0 Å². The zero-order chi connectivity index (χ0) is 29.6. The van der Waals surface area contributed by atoms with E-state index in [0.717, 1.165) is 4.31 Å². The van der Waals surface area contributed by atoms with Crippen molar-refractivity contribution in [1.29, 1.82) is 0 Å². The number of rotatable bonds is 11. The molecule has 0 spiro atoms. The Morgan fingerprint density at radius 1 is 0.927 bits per heavy atom. The van der Waals surface area contributed by atoms with Crippen molar-refractivity contribution in [3.05, 3.63) is 82.3 Å². The van der Waals surface area contributed by atoms with Crippen LogP contribution in [0.4, 0.5) is 5.69 Å². The second-order valence-corrected chi connectivity index (χ2v) is 11.9. The van der Waals surface area contributed by atoms with Crippen molar-refractivity contribution in [2.45, 2.75) is 37.8 Å². The average Bonchev–Trinajstić information content (AvgIpc) is 2.97. The molecule has 2 amide bonds. The van der Waals surface area contributed by atoms with Gasteiger partial charge in [0.25, 0.3) is 10.0 Å². The van der Waals surface area contributed by atoms with E-state index in [-0.39, 0.29) is 29.5 Å². The Balaban J connectivity index is 1.78. The summed E-state index contributed by atoms with van der Waals surface area (Å²) >= 11 is 12.9. The van der Waals surface area contributed by atoms with Gasteiger partial charge in [0.1, 0.15) is 25.8 Å². The molecule has 4 rings (SSSR count). The Morgan fingerprint density at radius 2 is 1.59 bits per heavy atom. The Kier molecular flexibility index (Phi) is 10.0. The van der Waals surface area contributed by atoms with E-state index in [1.807, 2.05) is 0 Å². The predicted molar refractivity (Wildman–Crippen MR) is 158 cm³/mol. The van der Waals surface area contributed by atoms with Crippen LogP contribution in [0.5, 0.6) is 11.5 Å². The molecule has 41 heavy (non-hydrogen) atoms. The number of anilines is 1. The molecule has 0 aromatic heterocycles. The number of nitrogens with zero attached hydrogens (tertiary/aromatic N) is 2. The van der Waals surface area contributed by atoms with E-state index >= 15 is 0 Å². The lowest BCUT2D eigenvalue weighted by Crippen LogP contribution is -2.52. The van der Waals surface area contributed by atoms with Gasteiger partial charge in [-0.15, -0.1) is 0 Å². The number of fused-ring (bicyclic) bond motifs is 1. The third-order valence-electron chi connectivity index (χ3n) is 6.55. The highest BCUT2D eigenvalue weighted by Gasteiger charge is 2.34. The van der Waals surface area contributed by atoms with Crippen LogP contribution in [-0.4, -0.2) is 57.5 Å². The highest BCUT2D eigenvalue weighted by molar-refractivity contribution is 7.92. The number of hydrogen-bond acceptors (Lipinski definition) is 6. The number of carbonyl (C=O) groups excluding carboxylic acids is 2. The lowest BCUT2D eigenvalue weighted by atomic mass is 10.1. The summed E-state index contributed by atoms with van der Waals surface area (Å²) in [5, 5.41) is 3.40. The topological polar surface area (TPSA) is 105 Å². The Hall–Kier alpha value is -3.47. The zero-order valence-corrected chi connectivity index (χ0v) is 25.0. The minimum Gasteiger partial charge on any atom is -0.486 e. The molecule has 0 unspecified atom stereocenters. The molecule has 1 aliphatic rings. The summed E-state index contributed by atoms with van der Waals surface area (Å²) in [6.07, 6.45) is 0.273. The molecule has 0 radical (unpaired) electrons. The van der Waals surface area contributed by atoms with Crippen molar-refractivity contribution in [2.24, 2.45) is 0 Å². The van der Waals surface area contributed by atoms with Gasteiger partial charge >= 0.3 is 0 Å². The fourth-order valence-corrected chi connectivity index (χ4v) is 6.44. The number of amides is 2. The van der Waals surface area contributed by atoms with Gasteiger partial charge in [-0.25, -0.2) is 8.42 Å². The zero-order valence-electron chi connectivity index (χ0n) is 22.7. The second-order valence-electron chi connectivity index (χ2n) is 9.19. The van der Waals surface area contributed by atoms with Crippen molar-refractivity contribution >= 4 is 50.7 Å². The molecule has 0 fully saturated rings. The summed E-state index contributed by atoms with van der Waals surface area (Å²) in [5.74, 6) is -0.152. The molecule has 1 atom stereocenters. The molecule has 1 heterocycles. The molecule has 12 heteroatoms. The van der Waals surface area contributed by atoms with Crippen LogP contribution in [0.15, 0.2) is 71.6 Å². The van der Waals surface area contributed by atoms with Crippen LogP contribution in [-0.2, 0) is 26.2 Å². The number of hydrogen-bond donors (Lipinski definition) is 1. The van der Waals surface area contributed by atoms with Gasteiger partial charge in [0, 0.05) is 34.8 Å². The Morgan fingerprint density at radius 3 is 2.22 bits per heavy atom. The van der Waals surface area contributed by atoms with Crippen LogP contribution in [0.25, 0.3) is 0 Å². The molecule has 3 aromatic rings. The molecular formula is C29H31Cl2N3O6S. The van der Waals surface area contributed by atoms with Gasteiger partial charge < -0.3 is 19.7 Å². The van der Waals surface area contributed by atoms with E-state index in [4.69, 9.17) is 32.7 Å². The van der Waals surface area contributed by atoms with Gasteiger partial charge in [-0.3, -0.25) is 13.9 Å². The van der Waals surface area contributed by atoms with Gasteiger partial charge in [0.2, 0.25) is 11.8 Å². The van der Waals surface area contributed by atoms with Crippen LogP contribution in [0.3, 0.4) is 0 Å². The van der Waals surface area contributed by atoms with E-state index < -0.39 is 28.5 Å². The fraction of sp³-hybridized carbons (Fsp3) is 0.310. The molecule has 1 aliphatic heterocycles. The molecular weight excluding hydrogens is 589 g/mol. The second kappa shape index (κ2) is 13.5. The molecule has 0 saturated carbocycles. The van der Waals surface area contributed by atoms with Gasteiger partial charge in [0.05, 0.1) is 10.6 Å². The number of carbonyl (C=O) groups is 2. The monoisotopic (exact) mass is 619 g/mol. The largest absolute Gasteiger partial charge is 0.486 e. The maximum atomic E-state index is 14.1. The van der Waals surface area contributed by atoms with Crippen LogP contribution < -0.4 is 19.1 Å². The first kappa shape index (κ1) is 30.5. The third kappa shape index (κ3) is 6.89. The lowest BCUT2D eigenvalue weighted by Gasteiger charge is -2.33. The fourth-order valence-electron chi connectivity index (χ4n) is 4.50. The van der Waals surface area contributed by atoms with Crippen molar-refractivity contribution in [3.8, 4) is 11.5 Å². The van der Waals surface area contributed by atoms with E-state index in [1.165, 1.54) is 23.1 Å². The normalized spacial score (nSPS) is 13.3. The molecule has 0 aliphatic carbocycles. The van der Waals surface area contributed by atoms with E-state index in [0.29, 0.717) is 46.9 Å². The number of likely N-dealkylation sites (N-methyl/N-ethyl adjacent to an activating group) is 1. The first-order chi connectivity index (χ1) is 19.7. The maximum absolute atomic E-state index is 14.1. The highest BCUT2D eigenvalue weighted by Crippen LogP contribution is 2.36. The first-order valence-electron chi connectivity index (χ1n) is 13.1. The Labute approximate surface area is 250 Å². The number of nitrogens with one attached hydrogen (secondary N) is 1. The average molecular weight is 621 g/mol. The quantitative estimate of drug-likeness (QED) is 0.327. The first-order valence-corrected chi connectivity index (χ1v) is 15.3. The summed E-state index contributed by atoms with van der Waals surface area (Å²) < 4.78 is 40.2. The van der Waals surface area contributed by atoms with E-state index in [2.05, 4.69) is 5.32 Å². The molecule has 9 nitrogen and oxygen atoms in total. The van der Waals surface area contributed by atoms with Crippen LogP contribution in [0.2, 0.25) is 10.0 Å². The van der Waals surface area contributed by atoms with Crippen LogP contribution in [0.1, 0.15) is 25.8 Å². The number of ether oxygens (including phenoxy) is 2. The van der Waals surface area contributed by atoms with Crippen LogP contribution >= 0.6 is 23.2 Å². The molecule has 0 bridgehead atoms. The summed E-state index contributed by atoms with van der Waals surface area (Å²) in [6.45, 7) is 3.87. The summed E-state index contributed by atoms with van der Waals surface area (Å²) in [7, 11) is -4.22. The van der Waals surface area contributed by atoms with Crippen molar-refractivity contribution < 1.29 is 27.5 Å². The summed E-state index contributed by atoms with van der Waals surface area (Å²) in [5.41, 5.74) is 0.650. The Bertz CT molecular complexity index is 1480. The lowest BCUT2D eigenvalue weighted by molar-refractivity contribution is -0.140. The standard InChI is InChI=1S/C29H31Cl2N3O6S/c1-3-25(29(36)32-4-2)33(18-22-23(30)11-8-12-24(22)31)28(35)19-34(41(37,38)21-9-6-5-7-10-21)20-13-14-26-27(17-20)40-16-15-39-26/h5-14,17,25H,3-4,15-16,18-19H2,1-2H3,(H,32,36)/t25-/m1/s1. The molecule has 218 valence electrons. The molecule has 3 aromatic carbocycles. The minimum absolute atomic E-state index is 0.000783. The third-order valence-corrected chi connectivity index (χ3v) is 9.05. The van der Waals surface area contributed by atoms with Gasteiger partial charge in [0.15, 0.2) is 11.5 Å². The van der Waals surface area contributed by atoms with Crippen molar-refractivity contribution in [3.63, 3.8) is 0 Å². The summed E-state index contributed by atoms with van der Waals surface area (Å²) in [6, 6.07) is 16.5. The van der Waals surface area contributed by atoms with Gasteiger partial charge in [-0.1, -0.05) is 54.4 Å². The maximum Gasteiger partial charge on any atom is 0.264 e. The number of sulfonamides is 1. The SMILES string of the molecule is CCNC(=O)[C@@H](CC)N(Cc1c(Cl)cccc1Cl)C(=O)CN(c1ccc2c(c1)OCCO2)S(=O)(=O)c1ccccc1. The predicted octanol–water partition coefficient (Wildman–Crippen LogP) is 4.90. The smallest absolute Gasteiger partial charge is 0.264 e. The number of halogens is 2. The minimum atomic E-state index is -4.22.